The van der Waals surface area contributed by atoms with Gasteiger partial charge in [-0.25, -0.2) is 4.98 Å². The number of alkyl halides is 3. The second kappa shape index (κ2) is 9.95. The largest absolute Gasteiger partial charge is 0.573 e. The Hall–Kier alpha value is -2.30. The number of hydrogen-bond acceptors (Lipinski definition) is 6. The molecular weight excluding hydrogens is 449 g/mol. The van der Waals surface area contributed by atoms with Crippen LogP contribution in [0.25, 0.3) is 11.3 Å². The molecule has 0 aliphatic heterocycles. The van der Waals surface area contributed by atoms with Crippen molar-refractivity contribution < 1.29 is 27.8 Å². The number of thiophene rings is 1. The number of benzene rings is 1. The van der Waals surface area contributed by atoms with Crippen LogP contribution < -0.4 is 9.64 Å². The van der Waals surface area contributed by atoms with Gasteiger partial charge in [-0.2, -0.15) is 0 Å². The number of carboxylic acids is 1. The van der Waals surface area contributed by atoms with E-state index in [4.69, 9.17) is 5.11 Å². The Kier molecular flexibility index (Phi) is 7.88. The van der Waals surface area contributed by atoms with Crippen molar-refractivity contribution in [2.24, 2.45) is 0 Å². The molecule has 1 aromatic carbocycles. The van der Waals surface area contributed by atoms with Crippen LogP contribution in [0.3, 0.4) is 0 Å². The number of carbonyl (C=O) groups is 1. The summed E-state index contributed by atoms with van der Waals surface area (Å²) in [5, 5.41) is 13.4. The molecule has 0 saturated carbocycles. The van der Waals surface area contributed by atoms with E-state index < -0.39 is 12.3 Å². The Morgan fingerprint density at radius 3 is 2.48 bits per heavy atom. The normalized spacial score (nSPS) is 11.0. The molecule has 156 valence electrons. The molecule has 0 unspecified atom stereocenters. The molecule has 0 amide bonds. The fraction of sp³-hybridized carbons (Fsp3) is 0.222. The molecule has 2 heterocycles. The summed E-state index contributed by atoms with van der Waals surface area (Å²) in [7, 11) is 0. The van der Waals surface area contributed by atoms with E-state index >= 15 is 0 Å². The maximum atomic E-state index is 12.3. The van der Waals surface area contributed by atoms with Crippen LogP contribution in [0, 0.1) is 0 Å². The highest BCUT2D eigenvalue weighted by atomic mass is 35.5. The second-order valence-corrected chi connectivity index (χ2v) is 7.60. The summed E-state index contributed by atoms with van der Waals surface area (Å²) in [6.07, 6.45) is -4.76. The first-order valence-electron chi connectivity index (χ1n) is 8.11. The molecule has 0 fully saturated rings. The molecule has 0 radical (unpaired) electrons. The van der Waals surface area contributed by atoms with Crippen LogP contribution in [0.2, 0.25) is 0 Å². The van der Waals surface area contributed by atoms with E-state index in [0.717, 1.165) is 4.88 Å². The molecular formula is C18H16ClF3N2O3S2. The molecule has 5 nitrogen and oxygen atoms in total. The Balaban J connectivity index is 0.00000300. The molecule has 3 aromatic rings. The summed E-state index contributed by atoms with van der Waals surface area (Å²) >= 11 is 2.93. The average Bonchev–Trinajstić information content (AvgIpc) is 3.29. The van der Waals surface area contributed by atoms with Crippen LogP contribution in [-0.4, -0.2) is 29.0 Å². The van der Waals surface area contributed by atoms with Crippen LogP contribution >= 0.6 is 35.1 Å². The number of carboxylic acid groups (broad SMARTS) is 1. The fourth-order valence-corrected chi connectivity index (χ4v) is 4.01. The molecule has 11 heteroatoms. The molecule has 0 bridgehead atoms. The van der Waals surface area contributed by atoms with Gasteiger partial charge >= 0.3 is 12.3 Å². The molecule has 0 aliphatic carbocycles. The van der Waals surface area contributed by atoms with Crippen molar-refractivity contribution in [2.75, 3.05) is 11.4 Å². The third-order valence-corrected chi connectivity index (χ3v) is 5.43. The van der Waals surface area contributed by atoms with E-state index in [-0.39, 0.29) is 24.6 Å². The third kappa shape index (κ3) is 6.91. The van der Waals surface area contributed by atoms with Gasteiger partial charge in [0, 0.05) is 22.4 Å². The van der Waals surface area contributed by atoms with Gasteiger partial charge in [0.25, 0.3) is 0 Å². The molecule has 29 heavy (non-hydrogen) atoms. The number of aromatic nitrogens is 1. The highest BCUT2D eigenvalue weighted by Crippen LogP contribution is 2.31. The first kappa shape index (κ1) is 23.0. The quantitative estimate of drug-likeness (QED) is 0.465. The summed E-state index contributed by atoms with van der Waals surface area (Å²) in [5.74, 6) is -1.19. The van der Waals surface area contributed by atoms with E-state index in [0.29, 0.717) is 29.5 Å². The van der Waals surface area contributed by atoms with Crippen molar-refractivity contribution >= 4 is 46.2 Å². The Labute approximate surface area is 178 Å². The Morgan fingerprint density at radius 2 is 1.90 bits per heavy atom. The van der Waals surface area contributed by atoms with Gasteiger partial charge in [0.05, 0.1) is 18.7 Å². The van der Waals surface area contributed by atoms with E-state index in [2.05, 4.69) is 9.72 Å². The first-order valence-corrected chi connectivity index (χ1v) is 9.87. The zero-order valence-corrected chi connectivity index (χ0v) is 17.2. The zero-order chi connectivity index (χ0) is 20.1. The molecule has 1 N–H and O–H groups in total. The van der Waals surface area contributed by atoms with Crippen LogP contribution in [0.4, 0.5) is 18.3 Å². The van der Waals surface area contributed by atoms with Crippen molar-refractivity contribution in [1.82, 2.24) is 4.98 Å². The number of ether oxygens (including phenoxy) is 1. The Morgan fingerprint density at radius 1 is 1.17 bits per heavy atom. The fourth-order valence-electron chi connectivity index (χ4n) is 2.43. The SMILES string of the molecule is Cl.O=C(O)CCN(Cc1cccs1)c1nc(-c2ccc(OC(F)(F)F)cc2)cs1. The lowest BCUT2D eigenvalue weighted by Gasteiger charge is -2.20. The van der Waals surface area contributed by atoms with Crippen molar-refractivity contribution in [3.63, 3.8) is 0 Å². The van der Waals surface area contributed by atoms with Crippen molar-refractivity contribution in [1.29, 1.82) is 0 Å². The summed E-state index contributed by atoms with van der Waals surface area (Å²) < 4.78 is 40.7. The topological polar surface area (TPSA) is 62.7 Å². The van der Waals surface area contributed by atoms with Crippen molar-refractivity contribution in [3.05, 3.63) is 52.0 Å². The zero-order valence-electron chi connectivity index (χ0n) is 14.8. The number of anilines is 1. The average molecular weight is 465 g/mol. The smallest absolute Gasteiger partial charge is 0.481 e. The van der Waals surface area contributed by atoms with E-state index in [1.807, 2.05) is 22.4 Å². The summed E-state index contributed by atoms with van der Waals surface area (Å²) in [5.41, 5.74) is 1.25. The van der Waals surface area contributed by atoms with Crippen LogP contribution in [0.1, 0.15) is 11.3 Å². The molecule has 3 rings (SSSR count). The van der Waals surface area contributed by atoms with Gasteiger partial charge in [-0.1, -0.05) is 6.07 Å². The molecule has 2 aromatic heterocycles. The number of nitrogens with zero attached hydrogens (tertiary/aromatic N) is 2. The number of hydrogen-bond donors (Lipinski definition) is 1. The van der Waals surface area contributed by atoms with E-state index in [1.54, 1.807) is 16.7 Å². The number of thiazole rings is 1. The van der Waals surface area contributed by atoms with Gasteiger partial charge in [-0.05, 0) is 35.7 Å². The molecule has 0 aliphatic rings. The highest BCUT2D eigenvalue weighted by molar-refractivity contribution is 7.14. The van der Waals surface area contributed by atoms with E-state index in [9.17, 15) is 18.0 Å². The van der Waals surface area contributed by atoms with Crippen molar-refractivity contribution in [2.45, 2.75) is 19.3 Å². The van der Waals surface area contributed by atoms with Gasteiger partial charge < -0.3 is 14.7 Å². The van der Waals surface area contributed by atoms with Gasteiger partial charge in [0.2, 0.25) is 0 Å². The highest BCUT2D eigenvalue weighted by Gasteiger charge is 2.31. The lowest BCUT2D eigenvalue weighted by atomic mass is 10.2. The minimum Gasteiger partial charge on any atom is -0.481 e. The maximum absolute atomic E-state index is 12.3. The second-order valence-electron chi connectivity index (χ2n) is 5.73. The first-order chi connectivity index (χ1) is 13.3. The predicted octanol–water partition coefficient (Wildman–Crippen LogP) is 5.67. The summed E-state index contributed by atoms with van der Waals surface area (Å²) in [4.78, 5) is 18.5. The molecule has 0 saturated heterocycles. The third-order valence-electron chi connectivity index (χ3n) is 3.67. The lowest BCUT2D eigenvalue weighted by Crippen LogP contribution is -2.25. The molecule has 0 spiro atoms. The number of rotatable bonds is 8. The Bertz CT molecular complexity index is 915. The lowest BCUT2D eigenvalue weighted by molar-refractivity contribution is -0.274. The van der Waals surface area contributed by atoms with Gasteiger partial charge in [0.1, 0.15) is 5.75 Å². The minimum absolute atomic E-state index is 0. The molecule has 0 atom stereocenters. The monoisotopic (exact) mass is 464 g/mol. The number of aliphatic carboxylic acids is 1. The van der Waals surface area contributed by atoms with E-state index in [1.165, 1.54) is 35.6 Å². The summed E-state index contributed by atoms with van der Waals surface area (Å²) in [6.45, 7) is 0.842. The van der Waals surface area contributed by atoms with Gasteiger partial charge in [-0.15, -0.1) is 48.3 Å². The van der Waals surface area contributed by atoms with Crippen LogP contribution in [0.15, 0.2) is 47.2 Å². The van der Waals surface area contributed by atoms with Crippen LogP contribution in [-0.2, 0) is 11.3 Å². The van der Waals surface area contributed by atoms with Gasteiger partial charge in [-0.3, -0.25) is 4.79 Å². The van der Waals surface area contributed by atoms with Gasteiger partial charge in [0.15, 0.2) is 5.13 Å². The predicted molar refractivity (Wildman–Crippen MR) is 109 cm³/mol. The maximum Gasteiger partial charge on any atom is 0.573 e. The minimum atomic E-state index is -4.73. The van der Waals surface area contributed by atoms with Crippen molar-refractivity contribution in [3.8, 4) is 17.0 Å². The van der Waals surface area contributed by atoms with Crippen LogP contribution in [0.5, 0.6) is 5.75 Å². The number of halogens is 4. The standard InChI is InChI=1S/C18H15F3N2O3S2.ClH/c19-18(20,21)26-13-5-3-12(4-6-13)15-11-28-17(22-15)23(8-7-16(24)25)10-14-2-1-9-27-14;/h1-6,9,11H,7-8,10H2,(H,24,25);1H. The summed E-state index contributed by atoms with van der Waals surface area (Å²) in [6, 6.07) is 9.35.